The van der Waals surface area contributed by atoms with Crippen molar-refractivity contribution in [2.24, 2.45) is 11.8 Å². The zero-order valence-electron chi connectivity index (χ0n) is 11.7. The van der Waals surface area contributed by atoms with Gasteiger partial charge < -0.3 is 9.47 Å². The minimum absolute atomic E-state index is 0.0187. The monoisotopic (exact) mass is 260 g/mol. The molecule has 1 aromatic rings. The number of Topliss-reactive ketones (excluding diaryl/α,β-unsaturated/α-hetero) is 1. The Labute approximate surface area is 113 Å². The Hall–Kier alpha value is -1.35. The highest BCUT2D eigenvalue weighted by Crippen LogP contribution is 2.38. The van der Waals surface area contributed by atoms with E-state index < -0.39 is 0 Å². The third-order valence-corrected chi connectivity index (χ3v) is 4.52. The van der Waals surface area contributed by atoms with E-state index >= 15 is 0 Å². The molecule has 1 aromatic carbocycles. The summed E-state index contributed by atoms with van der Waals surface area (Å²) >= 11 is 0. The van der Waals surface area contributed by atoms with Crippen LogP contribution >= 0.6 is 0 Å². The molecule has 0 N–H and O–H groups in total. The Balaban J connectivity index is 1.95. The van der Waals surface area contributed by atoms with E-state index in [2.05, 4.69) is 6.92 Å². The van der Waals surface area contributed by atoms with E-state index in [1.165, 1.54) is 0 Å². The van der Waals surface area contributed by atoms with Crippen molar-refractivity contribution in [1.82, 2.24) is 0 Å². The summed E-state index contributed by atoms with van der Waals surface area (Å²) in [6, 6.07) is 5.88. The standard InChI is InChI=1S/C16H20O3/c1-9-10(2)19-11(3)14(9)15(17)13-6-4-5-12-7-8-18-16(12)13/h4-6,9-11,14H,7-8H2,1-3H3. The second-order valence-electron chi connectivity index (χ2n) is 5.69. The number of hydrogen-bond acceptors (Lipinski definition) is 3. The molecule has 0 aromatic heterocycles. The van der Waals surface area contributed by atoms with E-state index in [0.29, 0.717) is 6.61 Å². The van der Waals surface area contributed by atoms with Crippen molar-refractivity contribution in [1.29, 1.82) is 0 Å². The van der Waals surface area contributed by atoms with Crippen molar-refractivity contribution in [2.45, 2.75) is 39.4 Å². The van der Waals surface area contributed by atoms with Crippen LogP contribution in [-0.4, -0.2) is 24.6 Å². The highest BCUT2D eigenvalue weighted by Gasteiger charge is 2.42. The zero-order valence-corrected chi connectivity index (χ0v) is 11.7. The normalized spacial score (nSPS) is 33.0. The summed E-state index contributed by atoms with van der Waals surface area (Å²) in [6.45, 7) is 6.82. The van der Waals surface area contributed by atoms with Crippen molar-refractivity contribution in [3.63, 3.8) is 0 Å². The molecule has 3 heteroatoms. The SMILES string of the molecule is CC1OC(C)C(C(=O)c2cccc3c2OCC3)C1C. The van der Waals surface area contributed by atoms with Gasteiger partial charge in [-0.15, -0.1) is 0 Å². The molecular formula is C16H20O3. The van der Waals surface area contributed by atoms with Gasteiger partial charge in [-0.05, 0) is 31.4 Å². The van der Waals surface area contributed by atoms with Crippen molar-refractivity contribution in [3.8, 4) is 5.75 Å². The maximum Gasteiger partial charge on any atom is 0.172 e. The Morgan fingerprint density at radius 1 is 1.21 bits per heavy atom. The van der Waals surface area contributed by atoms with Gasteiger partial charge in [0, 0.05) is 6.42 Å². The van der Waals surface area contributed by atoms with Crippen LogP contribution in [0, 0.1) is 11.8 Å². The van der Waals surface area contributed by atoms with Gasteiger partial charge in [-0.1, -0.05) is 19.1 Å². The lowest BCUT2D eigenvalue weighted by Crippen LogP contribution is -2.27. The number of carbonyl (C=O) groups is 1. The van der Waals surface area contributed by atoms with Gasteiger partial charge in [0.05, 0.1) is 30.3 Å². The van der Waals surface area contributed by atoms with E-state index in [1.54, 1.807) is 0 Å². The average molecular weight is 260 g/mol. The van der Waals surface area contributed by atoms with E-state index in [9.17, 15) is 4.79 Å². The molecule has 3 nitrogen and oxygen atoms in total. The molecule has 4 atom stereocenters. The number of benzene rings is 1. The Bertz CT molecular complexity index is 509. The summed E-state index contributed by atoms with van der Waals surface area (Å²) in [7, 11) is 0. The molecule has 0 amide bonds. The number of ketones is 1. The number of ether oxygens (including phenoxy) is 2. The summed E-state index contributed by atoms with van der Waals surface area (Å²) in [5, 5.41) is 0. The van der Waals surface area contributed by atoms with Crippen LogP contribution in [0.4, 0.5) is 0 Å². The molecule has 0 radical (unpaired) electrons. The third kappa shape index (κ3) is 1.96. The van der Waals surface area contributed by atoms with Crippen LogP contribution in [0.3, 0.4) is 0 Å². The van der Waals surface area contributed by atoms with Gasteiger partial charge in [0.1, 0.15) is 5.75 Å². The second-order valence-corrected chi connectivity index (χ2v) is 5.69. The van der Waals surface area contributed by atoms with Crippen LogP contribution < -0.4 is 4.74 Å². The summed E-state index contributed by atoms with van der Waals surface area (Å²) in [5.74, 6) is 1.15. The van der Waals surface area contributed by atoms with Crippen molar-refractivity contribution in [3.05, 3.63) is 29.3 Å². The minimum Gasteiger partial charge on any atom is -0.492 e. The highest BCUT2D eigenvalue weighted by molar-refractivity contribution is 6.01. The number of fused-ring (bicyclic) bond motifs is 1. The van der Waals surface area contributed by atoms with Crippen molar-refractivity contribution < 1.29 is 14.3 Å². The Morgan fingerprint density at radius 2 is 2.00 bits per heavy atom. The first kappa shape index (κ1) is 12.7. The van der Waals surface area contributed by atoms with Gasteiger partial charge in [0.15, 0.2) is 5.78 Å². The summed E-state index contributed by atoms with van der Waals surface area (Å²) in [4.78, 5) is 12.8. The maximum absolute atomic E-state index is 12.8. The number of rotatable bonds is 2. The fraction of sp³-hybridized carbons (Fsp3) is 0.562. The lowest BCUT2D eigenvalue weighted by atomic mass is 9.83. The molecule has 2 aliphatic rings. The molecule has 2 heterocycles. The van der Waals surface area contributed by atoms with Gasteiger partial charge in [0.2, 0.25) is 0 Å². The number of para-hydroxylation sites is 1. The topological polar surface area (TPSA) is 35.5 Å². The smallest absolute Gasteiger partial charge is 0.172 e. The molecule has 0 saturated carbocycles. The molecule has 3 rings (SSSR count). The predicted molar refractivity (Wildman–Crippen MR) is 72.6 cm³/mol. The fourth-order valence-corrected chi connectivity index (χ4v) is 3.31. The molecular weight excluding hydrogens is 240 g/mol. The summed E-state index contributed by atoms with van der Waals surface area (Å²) in [6.07, 6.45) is 1.02. The molecule has 0 spiro atoms. The van der Waals surface area contributed by atoms with E-state index in [4.69, 9.17) is 9.47 Å². The Kier molecular flexibility index (Phi) is 3.09. The van der Waals surface area contributed by atoms with E-state index in [-0.39, 0.29) is 29.8 Å². The molecule has 4 unspecified atom stereocenters. The molecule has 102 valence electrons. The fourth-order valence-electron chi connectivity index (χ4n) is 3.31. The predicted octanol–water partition coefficient (Wildman–Crippen LogP) is 2.86. The summed E-state index contributed by atoms with van der Waals surface area (Å²) < 4.78 is 11.4. The van der Waals surface area contributed by atoms with Gasteiger partial charge in [-0.3, -0.25) is 4.79 Å². The average Bonchev–Trinajstić information content (AvgIpc) is 2.94. The quantitative estimate of drug-likeness (QED) is 0.767. The third-order valence-electron chi connectivity index (χ3n) is 4.52. The van der Waals surface area contributed by atoms with E-state index in [0.717, 1.165) is 23.3 Å². The van der Waals surface area contributed by atoms with Crippen LogP contribution in [0.15, 0.2) is 18.2 Å². The van der Waals surface area contributed by atoms with Crippen LogP contribution in [0.2, 0.25) is 0 Å². The minimum atomic E-state index is -0.0642. The Morgan fingerprint density at radius 3 is 2.68 bits per heavy atom. The first-order chi connectivity index (χ1) is 9.09. The molecule has 0 aliphatic carbocycles. The van der Waals surface area contributed by atoms with Crippen LogP contribution in [0.1, 0.15) is 36.7 Å². The molecule has 1 saturated heterocycles. The molecule has 19 heavy (non-hydrogen) atoms. The van der Waals surface area contributed by atoms with Gasteiger partial charge in [-0.25, -0.2) is 0 Å². The maximum atomic E-state index is 12.8. The second kappa shape index (κ2) is 4.64. The largest absolute Gasteiger partial charge is 0.492 e. The van der Waals surface area contributed by atoms with Gasteiger partial charge in [-0.2, -0.15) is 0 Å². The molecule has 2 aliphatic heterocycles. The van der Waals surface area contributed by atoms with Crippen molar-refractivity contribution >= 4 is 5.78 Å². The summed E-state index contributed by atoms with van der Waals surface area (Å²) in [5.41, 5.74) is 1.88. The van der Waals surface area contributed by atoms with Crippen LogP contribution in [0.5, 0.6) is 5.75 Å². The zero-order chi connectivity index (χ0) is 13.6. The first-order valence-corrected chi connectivity index (χ1v) is 7.04. The van der Waals surface area contributed by atoms with Crippen molar-refractivity contribution in [2.75, 3.05) is 6.61 Å². The van der Waals surface area contributed by atoms with E-state index in [1.807, 2.05) is 32.0 Å². The lowest BCUT2D eigenvalue weighted by Gasteiger charge is -2.18. The van der Waals surface area contributed by atoms with Gasteiger partial charge in [0.25, 0.3) is 0 Å². The number of carbonyl (C=O) groups excluding carboxylic acids is 1. The molecule has 1 fully saturated rings. The highest BCUT2D eigenvalue weighted by atomic mass is 16.5. The van der Waals surface area contributed by atoms with Crippen LogP contribution in [-0.2, 0) is 11.2 Å². The van der Waals surface area contributed by atoms with Crippen LogP contribution in [0.25, 0.3) is 0 Å². The lowest BCUT2D eigenvalue weighted by molar-refractivity contribution is 0.0490. The number of hydrogen-bond donors (Lipinski definition) is 0. The first-order valence-electron chi connectivity index (χ1n) is 7.04. The molecule has 0 bridgehead atoms. The van der Waals surface area contributed by atoms with Gasteiger partial charge >= 0.3 is 0 Å².